The third-order valence-corrected chi connectivity index (χ3v) is 6.73. The van der Waals surface area contributed by atoms with Crippen LogP contribution in [0.3, 0.4) is 0 Å². The highest BCUT2D eigenvalue weighted by atomic mass is 32.2. The Morgan fingerprint density at radius 3 is 2.35 bits per heavy atom. The number of amides is 3. The van der Waals surface area contributed by atoms with E-state index in [4.69, 9.17) is 4.74 Å². The number of urea groups is 1. The SMILES string of the molecule is COc1ccc(C(NC(=O)Nc2ccc(CC(=O)N3CCSCC3)cc2)C2CC2)cc1. The zero-order chi connectivity index (χ0) is 21.6. The van der Waals surface area contributed by atoms with Crippen LogP contribution in [0.1, 0.15) is 30.0 Å². The molecule has 31 heavy (non-hydrogen) atoms. The number of carbonyl (C=O) groups excluding carboxylic acids is 2. The predicted octanol–water partition coefficient (Wildman–Crippen LogP) is 4.09. The molecule has 2 aliphatic rings. The average molecular weight is 440 g/mol. The summed E-state index contributed by atoms with van der Waals surface area (Å²) in [6, 6.07) is 15.2. The molecule has 0 spiro atoms. The van der Waals surface area contributed by atoms with Gasteiger partial charge in [-0.2, -0.15) is 11.8 Å². The van der Waals surface area contributed by atoms with E-state index in [-0.39, 0.29) is 18.0 Å². The number of carbonyl (C=O) groups is 2. The highest BCUT2D eigenvalue weighted by Gasteiger charge is 2.33. The first-order chi connectivity index (χ1) is 15.1. The Labute approximate surface area is 187 Å². The molecule has 1 unspecified atom stereocenters. The molecule has 3 amide bonds. The molecular weight excluding hydrogens is 410 g/mol. The summed E-state index contributed by atoms with van der Waals surface area (Å²) in [5, 5.41) is 6.04. The van der Waals surface area contributed by atoms with Gasteiger partial charge in [0.2, 0.25) is 5.91 Å². The minimum absolute atomic E-state index is 0.00879. The van der Waals surface area contributed by atoms with Crippen LogP contribution in [0.15, 0.2) is 48.5 Å². The van der Waals surface area contributed by atoms with Gasteiger partial charge >= 0.3 is 6.03 Å². The van der Waals surface area contributed by atoms with E-state index < -0.39 is 0 Å². The van der Waals surface area contributed by atoms with Gasteiger partial charge in [-0.15, -0.1) is 0 Å². The molecular formula is C24H29N3O3S. The predicted molar refractivity (Wildman–Crippen MR) is 125 cm³/mol. The molecule has 1 heterocycles. The van der Waals surface area contributed by atoms with E-state index in [1.165, 1.54) is 0 Å². The molecule has 1 aliphatic heterocycles. The topological polar surface area (TPSA) is 70.7 Å². The Morgan fingerprint density at radius 2 is 1.74 bits per heavy atom. The molecule has 7 heteroatoms. The Balaban J connectivity index is 1.31. The summed E-state index contributed by atoms with van der Waals surface area (Å²) in [6.07, 6.45) is 2.64. The number of nitrogens with zero attached hydrogens (tertiary/aromatic N) is 1. The number of anilines is 1. The van der Waals surface area contributed by atoms with Crippen molar-refractivity contribution in [3.63, 3.8) is 0 Å². The number of thioether (sulfide) groups is 1. The lowest BCUT2D eigenvalue weighted by Gasteiger charge is -2.26. The van der Waals surface area contributed by atoms with Crippen LogP contribution in [0.5, 0.6) is 5.75 Å². The molecule has 1 saturated carbocycles. The summed E-state index contributed by atoms with van der Waals surface area (Å²) in [5.74, 6) is 3.48. The van der Waals surface area contributed by atoms with E-state index in [1.54, 1.807) is 7.11 Å². The maximum atomic E-state index is 12.6. The normalized spacial score (nSPS) is 17.0. The van der Waals surface area contributed by atoms with Crippen LogP contribution in [0.4, 0.5) is 10.5 Å². The monoisotopic (exact) mass is 439 g/mol. The van der Waals surface area contributed by atoms with Gasteiger partial charge in [-0.3, -0.25) is 4.79 Å². The maximum absolute atomic E-state index is 12.6. The summed E-state index contributed by atoms with van der Waals surface area (Å²) in [4.78, 5) is 27.0. The second kappa shape index (κ2) is 10.1. The minimum Gasteiger partial charge on any atom is -0.497 e. The highest BCUT2D eigenvalue weighted by Crippen LogP contribution is 2.41. The number of ether oxygens (including phenoxy) is 1. The molecule has 2 fully saturated rings. The Bertz CT molecular complexity index is 891. The lowest BCUT2D eigenvalue weighted by Crippen LogP contribution is -2.38. The molecule has 164 valence electrons. The van der Waals surface area contributed by atoms with Crippen molar-refractivity contribution in [3.8, 4) is 5.75 Å². The molecule has 2 N–H and O–H groups in total. The Kier molecular flexibility index (Phi) is 7.02. The van der Waals surface area contributed by atoms with Crippen molar-refractivity contribution < 1.29 is 14.3 Å². The summed E-state index contributed by atoms with van der Waals surface area (Å²) in [5.41, 5.74) is 2.76. The van der Waals surface area contributed by atoms with Crippen molar-refractivity contribution in [2.75, 3.05) is 37.0 Å². The number of benzene rings is 2. The number of nitrogens with one attached hydrogen (secondary N) is 2. The van der Waals surface area contributed by atoms with Crippen LogP contribution in [-0.2, 0) is 11.2 Å². The van der Waals surface area contributed by atoms with Gasteiger partial charge in [0, 0.05) is 30.3 Å². The number of hydrogen-bond donors (Lipinski definition) is 2. The molecule has 1 atom stereocenters. The molecule has 4 rings (SSSR count). The summed E-state index contributed by atoms with van der Waals surface area (Å²) >= 11 is 1.89. The first kappa shape index (κ1) is 21.6. The quantitative estimate of drug-likeness (QED) is 0.682. The van der Waals surface area contributed by atoms with Gasteiger partial charge < -0.3 is 20.3 Å². The van der Waals surface area contributed by atoms with E-state index in [1.807, 2.05) is 65.2 Å². The number of methoxy groups -OCH3 is 1. The Hall–Kier alpha value is -2.67. The van der Waals surface area contributed by atoms with Crippen LogP contribution < -0.4 is 15.4 Å². The molecule has 2 aromatic rings. The van der Waals surface area contributed by atoms with Gasteiger partial charge in [0.1, 0.15) is 5.75 Å². The molecule has 1 saturated heterocycles. The van der Waals surface area contributed by atoms with Gasteiger partial charge in [-0.1, -0.05) is 24.3 Å². The zero-order valence-electron chi connectivity index (χ0n) is 17.8. The lowest BCUT2D eigenvalue weighted by molar-refractivity contribution is -0.130. The van der Waals surface area contributed by atoms with Crippen LogP contribution in [0.2, 0.25) is 0 Å². The minimum atomic E-state index is -0.220. The summed E-state index contributed by atoms with van der Waals surface area (Å²) < 4.78 is 5.23. The van der Waals surface area contributed by atoms with Gasteiger partial charge in [-0.05, 0) is 54.2 Å². The third-order valence-electron chi connectivity index (χ3n) is 5.79. The second-order valence-electron chi connectivity index (χ2n) is 8.05. The molecule has 1 aliphatic carbocycles. The number of rotatable bonds is 7. The van der Waals surface area contributed by atoms with E-state index >= 15 is 0 Å². The fourth-order valence-electron chi connectivity index (χ4n) is 3.83. The Morgan fingerprint density at radius 1 is 1.06 bits per heavy atom. The summed E-state index contributed by atoms with van der Waals surface area (Å²) in [7, 11) is 1.65. The third kappa shape index (κ3) is 5.94. The number of hydrogen-bond acceptors (Lipinski definition) is 4. The summed E-state index contributed by atoms with van der Waals surface area (Å²) in [6.45, 7) is 1.67. The van der Waals surface area contributed by atoms with E-state index in [2.05, 4.69) is 10.6 Å². The van der Waals surface area contributed by atoms with Gasteiger partial charge in [-0.25, -0.2) is 4.79 Å². The van der Waals surface area contributed by atoms with Crippen LogP contribution in [0.25, 0.3) is 0 Å². The van der Waals surface area contributed by atoms with Crippen molar-refractivity contribution in [3.05, 3.63) is 59.7 Å². The van der Waals surface area contributed by atoms with Crippen LogP contribution in [-0.4, -0.2) is 48.5 Å². The molecule has 0 radical (unpaired) electrons. The second-order valence-corrected chi connectivity index (χ2v) is 9.28. The first-order valence-electron chi connectivity index (χ1n) is 10.8. The van der Waals surface area contributed by atoms with Crippen molar-refractivity contribution >= 4 is 29.4 Å². The van der Waals surface area contributed by atoms with Gasteiger partial charge in [0.05, 0.1) is 19.6 Å². The van der Waals surface area contributed by atoms with Gasteiger partial charge in [0.15, 0.2) is 0 Å². The highest BCUT2D eigenvalue weighted by molar-refractivity contribution is 7.99. The fourth-order valence-corrected chi connectivity index (χ4v) is 4.73. The fraction of sp³-hybridized carbons (Fsp3) is 0.417. The van der Waals surface area contributed by atoms with E-state index in [0.717, 1.165) is 54.3 Å². The largest absolute Gasteiger partial charge is 0.497 e. The van der Waals surface area contributed by atoms with Crippen LogP contribution in [0, 0.1) is 5.92 Å². The average Bonchev–Trinajstić information content (AvgIpc) is 3.65. The van der Waals surface area contributed by atoms with E-state index in [9.17, 15) is 9.59 Å². The molecule has 0 aromatic heterocycles. The first-order valence-corrected chi connectivity index (χ1v) is 11.9. The molecule has 6 nitrogen and oxygen atoms in total. The maximum Gasteiger partial charge on any atom is 0.319 e. The standard InChI is InChI=1S/C24H29N3O3S/c1-30-21-10-6-19(7-11-21)23(18-4-5-18)26-24(29)25-20-8-2-17(3-9-20)16-22(28)27-12-14-31-15-13-27/h2-3,6-11,18,23H,4-5,12-16H2,1H3,(H2,25,26,29). The van der Waals surface area contributed by atoms with Crippen molar-refractivity contribution in [2.45, 2.75) is 25.3 Å². The van der Waals surface area contributed by atoms with E-state index in [0.29, 0.717) is 18.0 Å². The smallest absolute Gasteiger partial charge is 0.319 e. The van der Waals surface area contributed by atoms with Crippen LogP contribution >= 0.6 is 11.8 Å². The van der Waals surface area contributed by atoms with Crippen molar-refractivity contribution in [1.29, 1.82) is 0 Å². The van der Waals surface area contributed by atoms with Crippen molar-refractivity contribution in [2.24, 2.45) is 5.92 Å². The van der Waals surface area contributed by atoms with Crippen molar-refractivity contribution in [1.82, 2.24) is 10.2 Å². The lowest BCUT2D eigenvalue weighted by atomic mass is 10.0. The molecule has 2 aromatic carbocycles. The van der Waals surface area contributed by atoms with Gasteiger partial charge in [0.25, 0.3) is 0 Å². The molecule has 0 bridgehead atoms. The zero-order valence-corrected chi connectivity index (χ0v) is 18.6.